The Labute approximate surface area is 99.1 Å². The van der Waals surface area contributed by atoms with Crippen LogP contribution in [0.5, 0.6) is 0 Å². The third-order valence-electron chi connectivity index (χ3n) is 5.07. The minimum Gasteiger partial charge on any atom is -0.360 e. The van der Waals surface area contributed by atoms with E-state index in [1.54, 1.807) is 0 Å². The zero-order valence-corrected chi connectivity index (χ0v) is 10.8. The van der Waals surface area contributed by atoms with Crippen molar-refractivity contribution < 1.29 is 4.74 Å². The van der Waals surface area contributed by atoms with E-state index in [0.717, 1.165) is 6.61 Å². The highest BCUT2D eigenvalue weighted by Gasteiger charge is 2.50. The van der Waals surface area contributed by atoms with Gasteiger partial charge in [0.1, 0.15) is 5.72 Å². The van der Waals surface area contributed by atoms with Gasteiger partial charge in [-0.2, -0.15) is 0 Å². The zero-order chi connectivity index (χ0) is 11.3. The van der Waals surface area contributed by atoms with Crippen LogP contribution in [0.4, 0.5) is 0 Å². The van der Waals surface area contributed by atoms with Crippen LogP contribution in [0.3, 0.4) is 0 Å². The molecule has 0 amide bonds. The predicted molar refractivity (Wildman–Crippen MR) is 65.2 cm³/mol. The second kappa shape index (κ2) is 3.46. The summed E-state index contributed by atoms with van der Waals surface area (Å²) in [6.45, 7) is 6.94. The zero-order valence-electron chi connectivity index (χ0n) is 10.8. The number of nitrogens with one attached hydrogen (secondary N) is 1. The van der Waals surface area contributed by atoms with Crippen molar-refractivity contribution in [2.24, 2.45) is 10.8 Å². The monoisotopic (exact) mass is 223 g/mol. The lowest BCUT2D eigenvalue weighted by molar-refractivity contribution is -0.143. The van der Waals surface area contributed by atoms with Gasteiger partial charge in [0.2, 0.25) is 0 Å². The molecule has 2 heteroatoms. The molecule has 1 aliphatic heterocycles. The summed E-state index contributed by atoms with van der Waals surface area (Å²) >= 11 is 0. The summed E-state index contributed by atoms with van der Waals surface area (Å²) in [6.07, 6.45) is 9.26. The first-order chi connectivity index (χ1) is 7.54. The van der Waals surface area contributed by atoms with Crippen molar-refractivity contribution >= 4 is 0 Å². The van der Waals surface area contributed by atoms with Crippen LogP contribution in [-0.2, 0) is 4.74 Å². The van der Waals surface area contributed by atoms with Crippen LogP contribution in [-0.4, -0.2) is 18.9 Å². The molecule has 1 saturated heterocycles. The van der Waals surface area contributed by atoms with Crippen LogP contribution in [0.1, 0.15) is 58.8 Å². The van der Waals surface area contributed by atoms with Crippen molar-refractivity contribution in [2.45, 2.75) is 64.5 Å². The highest BCUT2D eigenvalue weighted by atomic mass is 16.5. The molecule has 92 valence electrons. The summed E-state index contributed by atoms with van der Waals surface area (Å²) in [5, 5.41) is 3.76. The predicted octanol–water partition coefficient (Wildman–Crippen LogP) is 3.07. The second-order valence-electron chi connectivity index (χ2n) is 7.18. The van der Waals surface area contributed by atoms with Crippen molar-refractivity contribution in [1.29, 1.82) is 0 Å². The van der Waals surface area contributed by atoms with Gasteiger partial charge in [-0.05, 0) is 37.5 Å². The lowest BCUT2D eigenvalue weighted by Crippen LogP contribution is -2.57. The Morgan fingerprint density at radius 3 is 2.25 bits per heavy atom. The molecule has 3 aliphatic rings. The molecule has 3 fully saturated rings. The van der Waals surface area contributed by atoms with Gasteiger partial charge in [-0.3, -0.25) is 5.32 Å². The van der Waals surface area contributed by atoms with Crippen LogP contribution < -0.4 is 5.32 Å². The van der Waals surface area contributed by atoms with Gasteiger partial charge >= 0.3 is 0 Å². The van der Waals surface area contributed by atoms with Gasteiger partial charge in [0.25, 0.3) is 0 Å². The van der Waals surface area contributed by atoms with Crippen LogP contribution in [0, 0.1) is 10.8 Å². The summed E-state index contributed by atoms with van der Waals surface area (Å²) in [7, 11) is 0. The first-order valence-electron chi connectivity index (χ1n) is 6.92. The molecule has 0 radical (unpaired) electrons. The Hall–Kier alpha value is -0.0800. The standard InChI is InChI=1S/C14H25NO/c1-12(2)7-8-14(9-12)15-10-13(11-16-14)5-3-4-6-13/h15H,3-11H2,1-2H3. The summed E-state index contributed by atoms with van der Waals surface area (Å²) in [5.74, 6) is 0. The molecule has 2 spiro atoms. The van der Waals surface area contributed by atoms with Gasteiger partial charge < -0.3 is 4.74 Å². The van der Waals surface area contributed by atoms with Gasteiger partial charge in [-0.25, -0.2) is 0 Å². The van der Waals surface area contributed by atoms with E-state index in [4.69, 9.17) is 4.74 Å². The Morgan fingerprint density at radius 1 is 1.00 bits per heavy atom. The fourth-order valence-corrected chi connectivity index (χ4v) is 3.95. The summed E-state index contributed by atoms with van der Waals surface area (Å²) < 4.78 is 6.29. The molecular weight excluding hydrogens is 198 g/mol. The largest absolute Gasteiger partial charge is 0.360 e. The van der Waals surface area contributed by atoms with Crippen molar-refractivity contribution in [3.63, 3.8) is 0 Å². The molecule has 0 aromatic carbocycles. The van der Waals surface area contributed by atoms with Gasteiger partial charge in [0, 0.05) is 12.0 Å². The van der Waals surface area contributed by atoms with E-state index in [0.29, 0.717) is 10.8 Å². The van der Waals surface area contributed by atoms with E-state index >= 15 is 0 Å². The maximum Gasteiger partial charge on any atom is 0.119 e. The van der Waals surface area contributed by atoms with Crippen molar-refractivity contribution in [3.05, 3.63) is 0 Å². The fourth-order valence-electron chi connectivity index (χ4n) is 3.95. The first kappa shape index (κ1) is 11.0. The molecule has 0 aromatic rings. The Bertz CT molecular complexity index is 268. The maximum absolute atomic E-state index is 6.29. The lowest BCUT2D eigenvalue weighted by Gasteiger charge is -2.45. The summed E-state index contributed by atoms with van der Waals surface area (Å²) in [6, 6.07) is 0. The third kappa shape index (κ3) is 1.80. The highest BCUT2D eigenvalue weighted by molar-refractivity contribution is 5.00. The maximum atomic E-state index is 6.29. The molecule has 16 heavy (non-hydrogen) atoms. The SMILES string of the molecule is CC1(C)CCC2(C1)NCC1(CCCC1)CO2. The summed E-state index contributed by atoms with van der Waals surface area (Å²) in [4.78, 5) is 0. The minimum atomic E-state index is 0.0390. The molecule has 1 unspecified atom stereocenters. The molecule has 3 rings (SSSR count). The van der Waals surface area contributed by atoms with E-state index in [9.17, 15) is 0 Å². The van der Waals surface area contributed by atoms with E-state index in [1.165, 1.54) is 51.5 Å². The van der Waals surface area contributed by atoms with Crippen LogP contribution in [0.2, 0.25) is 0 Å². The number of hydrogen-bond acceptors (Lipinski definition) is 2. The molecule has 1 atom stereocenters. The van der Waals surface area contributed by atoms with Crippen molar-refractivity contribution in [3.8, 4) is 0 Å². The molecule has 1 N–H and O–H groups in total. The van der Waals surface area contributed by atoms with Gasteiger partial charge in [0.05, 0.1) is 6.61 Å². The molecule has 0 bridgehead atoms. The Morgan fingerprint density at radius 2 is 1.75 bits per heavy atom. The normalized spacial score (nSPS) is 40.9. The molecule has 2 saturated carbocycles. The van der Waals surface area contributed by atoms with Gasteiger partial charge in [0.15, 0.2) is 0 Å². The van der Waals surface area contributed by atoms with Gasteiger partial charge in [-0.1, -0.05) is 26.7 Å². The Balaban J connectivity index is 1.66. The first-order valence-corrected chi connectivity index (χ1v) is 6.92. The quantitative estimate of drug-likeness (QED) is 0.681. The van der Waals surface area contributed by atoms with Gasteiger partial charge in [-0.15, -0.1) is 0 Å². The molecule has 1 heterocycles. The molecule has 0 aromatic heterocycles. The average molecular weight is 223 g/mol. The van der Waals surface area contributed by atoms with Crippen LogP contribution >= 0.6 is 0 Å². The van der Waals surface area contributed by atoms with Crippen molar-refractivity contribution in [1.82, 2.24) is 5.32 Å². The lowest BCUT2D eigenvalue weighted by atomic mass is 9.84. The molecule has 2 aliphatic carbocycles. The number of hydrogen-bond donors (Lipinski definition) is 1. The van der Waals surface area contributed by atoms with Crippen molar-refractivity contribution in [2.75, 3.05) is 13.2 Å². The topological polar surface area (TPSA) is 21.3 Å². The molecule has 2 nitrogen and oxygen atoms in total. The number of ether oxygens (including phenoxy) is 1. The summed E-state index contributed by atoms with van der Waals surface area (Å²) in [5.41, 5.74) is 1.00. The minimum absolute atomic E-state index is 0.0390. The van der Waals surface area contributed by atoms with E-state index in [2.05, 4.69) is 19.2 Å². The fraction of sp³-hybridized carbons (Fsp3) is 1.00. The Kier molecular flexibility index (Phi) is 2.38. The molecular formula is C14H25NO. The van der Waals surface area contributed by atoms with E-state index < -0.39 is 0 Å². The second-order valence-corrected chi connectivity index (χ2v) is 7.18. The smallest absolute Gasteiger partial charge is 0.119 e. The third-order valence-corrected chi connectivity index (χ3v) is 5.07. The average Bonchev–Trinajstić information content (AvgIpc) is 2.79. The van der Waals surface area contributed by atoms with E-state index in [1.807, 2.05) is 0 Å². The van der Waals surface area contributed by atoms with E-state index in [-0.39, 0.29) is 5.72 Å². The number of rotatable bonds is 0. The van der Waals surface area contributed by atoms with Crippen LogP contribution in [0.15, 0.2) is 0 Å². The van der Waals surface area contributed by atoms with Crippen LogP contribution in [0.25, 0.3) is 0 Å². The highest BCUT2D eigenvalue weighted by Crippen LogP contribution is 2.49.